The summed E-state index contributed by atoms with van der Waals surface area (Å²) in [5, 5.41) is 20.1. The number of nitrogens with zero attached hydrogens (tertiary/aromatic N) is 1. The highest BCUT2D eigenvalue weighted by atomic mass is 16.4. The van der Waals surface area contributed by atoms with E-state index in [2.05, 4.69) is 4.90 Å². The lowest BCUT2D eigenvalue weighted by Gasteiger charge is -2.40. The molecule has 0 aromatic carbocycles. The van der Waals surface area contributed by atoms with Crippen molar-refractivity contribution in [1.82, 2.24) is 4.90 Å². The zero-order valence-electron chi connectivity index (χ0n) is 12.2. The van der Waals surface area contributed by atoms with E-state index >= 15 is 0 Å². The molecule has 5 unspecified atom stereocenters. The number of carboxylic acids is 1. The number of fused-ring (bicyclic) bond motifs is 1. The molecule has 2 N–H and O–H groups in total. The Morgan fingerprint density at radius 1 is 0.900 bits per heavy atom. The number of hydrogen-bond donors (Lipinski definition) is 2. The van der Waals surface area contributed by atoms with Crippen molar-refractivity contribution in [3.8, 4) is 0 Å². The van der Waals surface area contributed by atoms with Gasteiger partial charge >= 0.3 is 5.97 Å². The molecule has 3 fully saturated rings. The van der Waals surface area contributed by atoms with Crippen LogP contribution in [0.5, 0.6) is 0 Å². The molecule has 0 amide bonds. The summed E-state index contributed by atoms with van der Waals surface area (Å²) in [6, 6.07) is 0.121. The first-order valence-corrected chi connectivity index (χ1v) is 8.37. The molecule has 0 aromatic rings. The Labute approximate surface area is 121 Å². The highest BCUT2D eigenvalue weighted by Crippen LogP contribution is 2.42. The summed E-state index contributed by atoms with van der Waals surface area (Å²) in [5.74, 6) is -0.142. The maximum atomic E-state index is 11.7. The minimum atomic E-state index is -0.684. The smallest absolute Gasteiger partial charge is 0.320 e. The Hall–Kier alpha value is -0.610. The second-order valence-corrected chi connectivity index (χ2v) is 6.92. The standard InChI is InChI=1S/C16H27NO3/c18-15-9-3-1-2-8-13(15)17-12-7-5-4-6-11(12)10-14(17)16(19)20/h11-15,18H,1-10H2,(H,19,20). The second kappa shape index (κ2) is 6.02. The molecule has 114 valence electrons. The Balaban J connectivity index is 1.83. The first-order valence-electron chi connectivity index (χ1n) is 8.37. The molecule has 0 bridgehead atoms. The summed E-state index contributed by atoms with van der Waals surface area (Å²) < 4.78 is 0. The monoisotopic (exact) mass is 281 g/mol. The fourth-order valence-corrected chi connectivity index (χ4v) is 4.82. The third kappa shape index (κ3) is 2.60. The highest BCUT2D eigenvalue weighted by molar-refractivity contribution is 5.74. The fraction of sp³-hybridized carbons (Fsp3) is 0.938. The lowest BCUT2D eigenvalue weighted by Crippen LogP contribution is -2.52. The SMILES string of the molecule is O=C(O)C1CC2CCCCC2N1C1CCCCCC1O. The van der Waals surface area contributed by atoms with E-state index in [-0.39, 0.29) is 18.2 Å². The van der Waals surface area contributed by atoms with Crippen LogP contribution in [0.2, 0.25) is 0 Å². The third-order valence-electron chi connectivity index (χ3n) is 5.75. The van der Waals surface area contributed by atoms with Gasteiger partial charge < -0.3 is 10.2 Å². The van der Waals surface area contributed by atoms with Crippen LogP contribution in [0.3, 0.4) is 0 Å². The molecular weight excluding hydrogens is 254 g/mol. The first kappa shape index (κ1) is 14.3. The molecule has 1 aliphatic heterocycles. The average Bonchev–Trinajstić information content (AvgIpc) is 2.70. The van der Waals surface area contributed by atoms with Crippen molar-refractivity contribution in [2.45, 2.75) is 88.4 Å². The van der Waals surface area contributed by atoms with E-state index in [1.54, 1.807) is 0 Å². The molecule has 4 nitrogen and oxygen atoms in total. The van der Waals surface area contributed by atoms with Gasteiger partial charge in [-0.3, -0.25) is 9.69 Å². The minimum absolute atomic E-state index is 0.0756. The van der Waals surface area contributed by atoms with Crippen molar-refractivity contribution in [3.63, 3.8) is 0 Å². The molecule has 0 spiro atoms. The molecular formula is C16H27NO3. The van der Waals surface area contributed by atoms with Crippen LogP contribution in [-0.4, -0.2) is 45.3 Å². The van der Waals surface area contributed by atoms with E-state index < -0.39 is 5.97 Å². The Bertz CT molecular complexity index is 360. The van der Waals surface area contributed by atoms with Gasteiger partial charge in [0.2, 0.25) is 0 Å². The number of aliphatic hydroxyl groups excluding tert-OH is 1. The summed E-state index contributed by atoms with van der Waals surface area (Å²) in [6.45, 7) is 0. The summed E-state index contributed by atoms with van der Waals surface area (Å²) >= 11 is 0. The lowest BCUT2D eigenvalue weighted by atomic mass is 9.84. The van der Waals surface area contributed by atoms with Crippen LogP contribution in [-0.2, 0) is 4.79 Å². The minimum Gasteiger partial charge on any atom is -0.480 e. The van der Waals surface area contributed by atoms with E-state index in [0.29, 0.717) is 12.0 Å². The lowest BCUT2D eigenvalue weighted by molar-refractivity contribution is -0.144. The first-order chi connectivity index (χ1) is 9.68. The van der Waals surface area contributed by atoms with Gasteiger partial charge in [0.05, 0.1) is 6.10 Å². The fourth-order valence-electron chi connectivity index (χ4n) is 4.82. The van der Waals surface area contributed by atoms with Crippen LogP contribution in [0.4, 0.5) is 0 Å². The molecule has 3 aliphatic rings. The van der Waals surface area contributed by atoms with Gasteiger partial charge in [0.15, 0.2) is 0 Å². The molecule has 1 saturated heterocycles. The Kier molecular flexibility index (Phi) is 4.32. The molecule has 20 heavy (non-hydrogen) atoms. The van der Waals surface area contributed by atoms with Gasteiger partial charge in [-0.05, 0) is 38.0 Å². The number of carboxylic acid groups (broad SMARTS) is 1. The zero-order valence-corrected chi connectivity index (χ0v) is 12.2. The van der Waals surface area contributed by atoms with E-state index in [9.17, 15) is 15.0 Å². The number of rotatable bonds is 2. The van der Waals surface area contributed by atoms with Crippen molar-refractivity contribution in [2.75, 3.05) is 0 Å². The highest BCUT2D eigenvalue weighted by Gasteiger charge is 2.49. The van der Waals surface area contributed by atoms with Crippen LogP contribution in [0, 0.1) is 5.92 Å². The van der Waals surface area contributed by atoms with Crippen LogP contribution >= 0.6 is 0 Å². The maximum absolute atomic E-state index is 11.7. The number of carbonyl (C=O) groups is 1. The van der Waals surface area contributed by atoms with Crippen LogP contribution < -0.4 is 0 Å². The molecule has 2 saturated carbocycles. The van der Waals surface area contributed by atoms with Gasteiger partial charge in [-0.25, -0.2) is 0 Å². The van der Waals surface area contributed by atoms with E-state index in [1.165, 1.54) is 25.7 Å². The molecule has 5 atom stereocenters. The number of aliphatic hydroxyl groups is 1. The molecule has 0 radical (unpaired) electrons. The van der Waals surface area contributed by atoms with Crippen molar-refractivity contribution >= 4 is 5.97 Å². The van der Waals surface area contributed by atoms with Gasteiger partial charge in [-0.2, -0.15) is 0 Å². The predicted molar refractivity (Wildman–Crippen MR) is 76.5 cm³/mol. The maximum Gasteiger partial charge on any atom is 0.320 e. The van der Waals surface area contributed by atoms with Crippen LogP contribution in [0.15, 0.2) is 0 Å². The quantitative estimate of drug-likeness (QED) is 0.763. The molecule has 2 aliphatic carbocycles. The summed E-state index contributed by atoms with van der Waals surface area (Å²) in [4.78, 5) is 13.9. The summed E-state index contributed by atoms with van der Waals surface area (Å²) in [5.41, 5.74) is 0. The van der Waals surface area contributed by atoms with E-state index in [4.69, 9.17) is 0 Å². The molecule has 0 aromatic heterocycles. The zero-order chi connectivity index (χ0) is 14.1. The van der Waals surface area contributed by atoms with Gasteiger partial charge in [0.1, 0.15) is 6.04 Å². The van der Waals surface area contributed by atoms with Gasteiger partial charge in [-0.1, -0.05) is 32.1 Å². The van der Waals surface area contributed by atoms with Gasteiger partial charge in [0.25, 0.3) is 0 Å². The third-order valence-corrected chi connectivity index (χ3v) is 5.75. The number of aliphatic carboxylic acids is 1. The van der Waals surface area contributed by atoms with Gasteiger partial charge in [-0.15, -0.1) is 0 Å². The van der Waals surface area contributed by atoms with Crippen LogP contribution in [0.1, 0.15) is 64.2 Å². The summed E-state index contributed by atoms with van der Waals surface area (Å²) in [6.07, 6.45) is 10.4. The number of likely N-dealkylation sites (tertiary alicyclic amines) is 1. The topological polar surface area (TPSA) is 60.8 Å². The van der Waals surface area contributed by atoms with Crippen molar-refractivity contribution < 1.29 is 15.0 Å². The van der Waals surface area contributed by atoms with Crippen molar-refractivity contribution in [1.29, 1.82) is 0 Å². The van der Waals surface area contributed by atoms with Gasteiger partial charge in [0, 0.05) is 12.1 Å². The summed E-state index contributed by atoms with van der Waals surface area (Å²) in [7, 11) is 0. The number of hydrogen-bond acceptors (Lipinski definition) is 3. The molecule has 3 rings (SSSR count). The molecule has 4 heteroatoms. The van der Waals surface area contributed by atoms with Crippen molar-refractivity contribution in [2.24, 2.45) is 5.92 Å². The average molecular weight is 281 g/mol. The predicted octanol–water partition coefficient (Wildman–Crippen LogP) is 2.40. The normalized spacial score (nSPS) is 43.0. The Morgan fingerprint density at radius 3 is 2.35 bits per heavy atom. The Morgan fingerprint density at radius 2 is 1.55 bits per heavy atom. The largest absolute Gasteiger partial charge is 0.480 e. The van der Waals surface area contributed by atoms with E-state index in [1.807, 2.05) is 0 Å². The van der Waals surface area contributed by atoms with E-state index in [0.717, 1.165) is 38.5 Å². The van der Waals surface area contributed by atoms with Crippen molar-refractivity contribution in [3.05, 3.63) is 0 Å². The van der Waals surface area contributed by atoms with Crippen LogP contribution in [0.25, 0.3) is 0 Å². The molecule has 1 heterocycles. The second-order valence-electron chi connectivity index (χ2n) is 6.92.